The largest absolute Gasteiger partial charge is 0.489 e. The van der Waals surface area contributed by atoms with Gasteiger partial charge < -0.3 is 19.1 Å². The van der Waals surface area contributed by atoms with Gasteiger partial charge in [0.25, 0.3) is 0 Å². The van der Waals surface area contributed by atoms with Gasteiger partial charge in [0.1, 0.15) is 36.6 Å². The molecule has 2 aromatic carbocycles. The van der Waals surface area contributed by atoms with Crippen LogP contribution in [0.1, 0.15) is 20.3 Å². The second-order valence-corrected chi connectivity index (χ2v) is 7.05. The van der Waals surface area contributed by atoms with Crippen molar-refractivity contribution < 1.29 is 14.2 Å². The lowest BCUT2D eigenvalue weighted by molar-refractivity contribution is 0.270. The summed E-state index contributed by atoms with van der Waals surface area (Å²) < 4.78 is 20.4. The molecule has 3 heterocycles. The van der Waals surface area contributed by atoms with Crippen molar-refractivity contribution in [3.8, 4) is 23.0 Å². The van der Waals surface area contributed by atoms with Gasteiger partial charge in [0.05, 0.1) is 18.3 Å². The van der Waals surface area contributed by atoms with Crippen LogP contribution in [0.3, 0.4) is 0 Å². The summed E-state index contributed by atoms with van der Waals surface area (Å²) in [6, 6.07) is 8.10. The Labute approximate surface area is 158 Å². The first kappa shape index (κ1) is 16.4. The van der Waals surface area contributed by atoms with E-state index in [1.165, 1.54) is 0 Å². The number of nitrogens with zero attached hydrogens (tertiary/aromatic N) is 3. The Balaban J connectivity index is 1.65. The number of rotatable bonds is 3. The fourth-order valence-electron chi connectivity index (χ4n) is 3.99. The monoisotopic (exact) mass is 366 g/mol. The molecule has 0 unspecified atom stereocenters. The number of anilines is 1. The molecule has 0 amide bonds. The van der Waals surface area contributed by atoms with Crippen LogP contribution < -0.4 is 34.4 Å². The predicted molar refractivity (Wildman–Crippen MR) is 104 cm³/mol. The molecule has 2 aromatic rings. The minimum atomic E-state index is 0.700. The van der Waals surface area contributed by atoms with Gasteiger partial charge in [-0.05, 0) is 6.92 Å². The number of hydrogen-bond acceptors (Lipinski definition) is 5. The van der Waals surface area contributed by atoms with E-state index in [-0.39, 0.29) is 0 Å². The minimum Gasteiger partial charge on any atom is -0.489 e. The molecule has 0 aliphatic carbocycles. The molecule has 3 aliphatic heterocycles. The van der Waals surface area contributed by atoms with Gasteiger partial charge >= 0.3 is 0 Å². The van der Waals surface area contributed by atoms with Gasteiger partial charge in [0.15, 0.2) is 23.8 Å². The summed E-state index contributed by atoms with van der Waals surface area (Å²) in [5, 5.41) is 1.90. The van der Waals surface area contributed by atoms with Gasteiger partial charge in [-0.2, -0.15) is 0 Å². The van der Waals surface area contributed by atoms with Crippen LogP contribution in [0.15, 0.2) is 29.3 Å². The number of fused-ring (bicyclic) bond motifs is 4. The summed E-state index contributed by atoms with van der Waals surface area (Å²) in [5.41, 5.74) is 1.88. The van der Waals surface area contributed by atoms with Crippen LogP contribution in [0.2, 0.25) is 0 Å². The molecule has 5 rings (SSSR count). The van der Waals surface area contributed by atoms with Crippen LogP contribution >= 0.6 is 0 Å². The third-order valence-electron chi connectivity index (χ3n) is 5.34. The van der Waals surface area contributed by atoms with Gasteiger partial charge in [-0.15, -0.1) is 0 Å². The Morgan fingerprint density at radius 1 is 1.00 bits per heavy atom. The van der Waals surface area contributed by atoms with E-state index in [4.69, 9.17) is 19.2 Å². The second kappa shape index (κ2) is 6.44. The molecular weight excluding hydrogens is 342 g/mol. The summed E-state index contributed by atoms with van der Waals surface area (Å²) >= 11 is 0. The van der Waals surface area contributed by atoms with Gasteiger partial charge in [0, 0.05) is 31.2 Å². The van der Waals surface area contributed by atoms with Crippen molar-refractivity contribution in [2.45, 2.75) is 20.3 Å². The lowest BCUT2D eigenvalue weighted by Gasteiger charge is -2.31. The highest BCUT2D eigenvalue weighted by Gasteiger charge is 2.25. The lowest BCUT2D eigenvalue weighted by Crippen LogP contribution is -2.40. The van der Waals surface area contributed by atoms with Crippen molar-refractivity contribution in [3.63, 3.8) is 0 Å². The average molecular weight is 366 g/mol. The molecule has 0 saturated heterocycles. The zero-order valence-electron chi connectivity index (χ0n) is 15.8. The number of benzene rings is 2. The van der Waals surface area contributed by atoms with Gasteiger partial charge in [-0.25, -0.2) is 9.57 Å². The Kier molecular flexibility index (Phi) is 3.92. The zero-order valence-corrected chi connectivity index (χ0v) is 15.8. The van der Waals surface area contributed by atoms with E-state index < -0.39 is 0 Å². The quantitative estimate of drug-likeness (QED) is 0.667. The highest BCUT2D eigenvalue weighted by atomic mass is 16.5. The summed E-state index contributed by atoms with van der Waals surface area (Å²) in [5.74, 6) is 3.33. The highest BCUT2D eigenvalue weighted by Crippen LogP contribution is 2.44. The topological polar surface area (TPSA) is 46.3 Å². The molecule has 0 spiro atoms. The van der Waals surface area contributed by atoms with Crippen LogP contribution in [0.5, 0.6) is 23.0 Å². The van der Waals surface area contributed by atoms with Gasteiger partial charge in [-0.1, -0.05) is 6.92 Å². The maximum absolute atomic E-state index is 6.27. The molecule has 0 N–H and O–H groups in total. The lowest BCUT2D eigenvalue weighted by atomic mass is 10.1. The van der Waals surface area contributed by atoms with Crippen molar-refractivity contribution in [2.75, 3.05) is 44.3 Å². The summed E-state index contributed by atoms with van der Waals surface area (Å²) in [4.78, 5) is 7.13. The third kappa shape index (κ3) is 2.71. The molecule has 3 aliphatic rings. The van der Waals surface area contributed by atoms with Crippen molar-refractivity contribution in [2.24, 2.45) is 4.99 Å². The van der Waals surface area contributed by atoms with E-state index >= 15 is 0 Å². The van der Waals surface area contributed by atoms with Crippen LogP contribution in [0.4, 0.5) is 11.4 Å². The molecule has 0 atom stereocenters. The fourth-order valence-corrected chi connectivity index (χ4v) is 3.99. The molecule has 0 fully saturated rings. The van der Waals surface area contributed by atoms with Crippen LogP contribution in [0.25, 0.3) is 0 Å². The first-order chi connectivity index (χ1) is 13.3. The van der Waals surface area contributed by atoms with Crippen LogP contribution in [-0.2, 0) is 0 Å². The van der Waals surface area contributed by atoms with E-state index in [9.17, 15) is 0 Å². The van der Waals surface area contributed by atoms with E-state index in [0.29, 0.717) is 13.2 Å². The summed E-state index contributed by atoms with van der Waals surface area (Å²) in [6.45, 7) is 9.52. The predicted octanol–water partition coefficient (Wildman–Crippen LogP) is 2.26. The van der Waals surface area contributed by atoms with Crippen LogP contribution in [0, 0.1) is 0 Å². The molecule has 140 valence electrons. The molecule has 0 bridgehead atoms. The van der Waals surface area contributed by atoms with Crippen LogP contribution in [-0.4, -0.2) is 39.4 Å². The average Bonchev–Trinajstić information content (AvgIpc) is 2.69. The Bertz CT molecular complexity index is 1030. The zero-order chi connectivity index (χ0) is 18.4. The highest BCUT2D eigenvalue weighted by molar-refractivity contribution is 5.72. The van der Waals surface area contributed by atoms with Crippen molar-refractivity contribution >= 4 is 11.4 Å². The van der Waals surface area contributed by atoms with Crippen molar-refractivity contribution in [1.29, 1.82) is 0 Å². The van der Waals surface area contributed by atoms with E-state index in [2.05, 4.69) is 35.5 Å². The molecule has 6 nitrogen and oxygen atoms in total. The summed E-state index contributed by atoms with van der Waals surface area (Å²) in [7, 11) is 0. The van der Waals surface area contributed by atoms with Gasteiger partial charge in [0.2, 0.25) is 5.36 Å². The SMILES string of the molecule is CCC[N+]1=c2cc3c(cc2OCC1)=Nc1cc2c(cc1O3)N(CC)CCO2. The Morgan fingerprint density at radius 2 is 1.89 bits per heavy atom. The van der Waals surface area contributed by atoms with Crippen molar-refractivity contribution in [3.05, 3.63) is 35.0 Å². The maximum atomic E-state index is 6.27. The fraction of sp³-hybridized carbons (Fsp3) is 0.429. The smallest absolute Gasteiger partial charge is 0.246 e. The normalized spacial score (nSPS) is 16.7. The van der Waals surface area contributed by atoms with E-state index in [0.717, 1.165) is 77.7 Å². The molecule has 0 saturated carbocycles. The minimum absolute atomic E-state index is 0.700. The maximum Gasteiger partial charge on any atom is 0.246 e. The number of ether oxygens (including phenoxy) is 3. The standard InChI is InChI=1S/C21H24N3O3/c1-3-5-24-7-9-26-21-11-15-19(13-17(21)24)27-18-12-16-20(10-14(18)22-15)25-8-6-23(16)4-2/h10-13H,3-9H2,1-2H3/q+1. The first-order valence-corrected chi connectivity index (χ1v) is 9.78. The molecular formula is C21H24N3O3+. The van der Waals surface area contributed by atoms with Gasteiger partial charge in [-0.3, -0.25) is 0 Å². The molecule has 6 heteroatoms. The van der Waals surface area contributed by atoms with E-state index in [1.54, 1.807) is 0 Å². The second-order valence-electron chi connectivity index (χ2n) is 7.05. The Hall–Kier alpha value is -2.76. The Morgan fingerprint density at radius 3 is 2.74 bits per heavy atom. The first-order valence-electron chi connectivity index (χ1n) is 9.78. The molecule has 27 heavy (non-hydrogen) atoms. The molecule has 0 aromatic heterocycles. The van der Waals surface area contributed by atoms with E-state index in [1.807, 2.05) is 12.1 Å². The summed E-state index contributed by atoms with van der Waals surface area (Å²) in [6.07, 6.45) is 1.10. The molecule has 0 radical (unpaired) electrons. The number of hydrogen-bond donors (Lipinski definition) is 0. The number of likely N-dealkylation sites (N-methyl/N-ethyl adjacent to an activating group) is 1. The van der Waals surface area contributed by atoms with Crippen molar-refractivity contribution in [1.82, 2.24) is 4.58 Å². The third-order valence-corrected chi connectivity index (χ3v) is 5.34.